The van der Waals surface area contributed by atoms with Crippen molar-refractivity contribution in [1.29, 1.82) is 0 Å². The van der Waals surface area contributed by atoms with E-state index in [1.54, 1.807) is 17.0 Å². The van der Waals surface area contributed by atoms with Crippen LogP contribution in [0.25, 0.3) is 0 Å². The van der Waals surface area contributed by atoms with E-state index in [-0.39, 0.29) is 17.9 Å². The lowest BCUT2D eigenvalue weighted by molar-refractivity contribution is -0.0498. The SMILES string of the molecule is CC(C)(C)OC(=O)N1CCCC(Nc2ccc(OC(F)F)cc2)C1. The second-order valence-corrected chi connectivity index (χ2v) is 6.81. The molecule has 1 aromatic rings. The highest BCUT2D eigenvalue weighted by atomic mass is 19.3. The van der Waals surface area contributed by atoms with Crippen molar-refractivity contribution in [2.24, 2.45) is 0 Å². The number of piperidine rings is 1. The topological polar surface area (TPSA) is 50.8 Å². The van der Waals surface area contributed by atoms with E-state index >= 15 is 0 Å². The monoisotopic (exact) mass is 342 g/mol. The molecule has 1 amide bonds. The van der Waals surface area contributed by atoms with E-state index in [2.05, 4.69) is 10.1 Å². The van der Waals surface area contributed by atoms with Gasteiger partial charge in [-0.15, -0.1) is 0 Å². The van der Waals surface area contributed by atoms with Gasteiger partial charge in [0.05, 0.1) is 0 Å². The molecule has 24 heavy (non-hydrogen) atoms. The minimum absolute atomic E-state index is 0.0909. The Labute approximate surface area is 140 Å². The van der Waals surface area contributed by atoms with Gasteiger partial charge < -0.3 is 19.7 Å². The van der Waals surface area contributed by atoms with Gasteiger partial charge >= 0.3 is 12.7 Å². The average Bonchev–Trinajstić information content (AvgIpc) is 2.47. The Morgan fingerprint density at radius 3 is 2.54 bits per heavy atom. The zero-order valence-electron chi connectivity index (χ0n) is 14.2. The summed E-state index contributed by atoms with van der Waals surface area (Å²) in [7, 11) is 0. The fourth-order valence-corrected chi connectivity index (χ4v) is 2.56. The van der Waals surface area contributed by atoms with E-state index in [1.165, 1.54) is 12.1 Å². The third-order valence-corrected chi connectivity index (χ3v) is 3.52. The Bertz CT molecular complexity index is 544. The lowest BCUT2D eigenvalue weighted by Gasteiger charge is -2.34. The van der Waals surface area contributed by atoms with Gasteiger partial charge in [0.25, 0.3) is 0 Å². The third-order valence-electron chi connectivity index (χ3n) is 3.52. The van der Waals surface area contributed by atoms with Gasteiger partial charge in [-0.25, -0.2) is 4.79 Å². The number of ether oxygens (including phenoxy) is 2. The Kier molecular flexibility index (Phi) is 5.85. The Balaban J connectivity index is 1.89. The normalized spacial score (nSPS) is 18.4. The van der Waals surface area contributed by atoms with E-state index in [4.69, 9.17) is 4.74 Å². The van der Waals surface area contributed by atoms with Gasteiger partial charge in [-0.3, -0.25) is 0 Å². The predicted molar refractivity (Wildman–Crippen MR) is 87.5 cm³/mol. The molecule has 0 bridgehead atoms. The van der Waals surface area contributed by atoms with Crippen molar-refractivity contribution >= 4 is 11.8 Å². The molecule has 5 nitrogen and oxygen atoms in total. The number of benzene rings is 1. The zero-order valence-corrected chi connectivity index (χ0v) is 14.2. The molecule has 1 N–H and O–H groups in total. The highest BCUT2D eigenvalue weighted by Crippen LogP contribution is 2.21. The summed E-state index contributed by atoms with van der Waals surface area (Å²) < 4.78 is 34.0. The van der Waals surface area contributed by atoms with Crippen LogP contribution in [0, 0.1) is 0 Å². The average molecular weight is 342 g/mol. The van der Waals surface area contributed by atoms with Gasteiger partial charge in [0, 0.05) is 24.8 Å². The first kappa shape index (κ1) is 18.3. The van der Waals surface area contributed by atoms with Crippen LogP contribution < -0.4 is 10.1 Å². The van der Waals surface area contributed by atoms with Crippen LogP contribution in [0.3, 0.4) is 0 Å². The molecule has 1 aromatic carbocycles. The first-order chi connectivity index (χ1) is 11.2. The second kappa shape index (κ2) is 7.68. The van der Waals surface area contributed by atoms with Gasteiger partial charge in [-0.1, -0.05) is 0 Å². The highest BCUT2D eigenvalue weighted by Gasteiger charge is 2.27. The molecular weight excluding hydrogens is 318 g/mol. The molecule has 1 atom stereocenters. The van der Waals surface area contributed by atoms with Crippen LogP contribution in [0.5, 0.6) is 5.75 Å². The number of nitrogens with zero attached hydrogens (tertiary/aromatic N) is 1. The van der Waals surface area contributed by atoms with E-state index < -0.39 is 12.2 Å². The molecule has 0 aromatic heterocycles. The van der Waals surface area contributed by atoms with Crippen molar-refractivity contribution in [3.8, 4) is 5.75 Å². The molecule has 0 aliphatic carbocycles. The number of hydrogen-bond donors (Lipinski definition) is 1. The lowest BCUT2D eigenvalue weighted by atomic mass is 10.1. The standard InChI is InChI=1S/C17H24F2N2O3/c1-17(2,3)24-16(22)21-10-4-5-13(11-21)20-12-6-8-14(9-7-12)23-15(18)19/h6-9,13,15,20H,4-5,10-11H2,1-3H3. The minimum atomic E-state index is -2.83. The summed E-state index contributed by atoms with van der Waals surface area (Å²) in [5.41, 5.74) is 0.283. The van der Waals surface area contributed by atoms with E-state index in [0.717, 1.165) is 18.5 Å². The van der Waals surface area contributed by atoms with Crippen LogP contribution >= 0.6 is 0 Å². The van der Waals surface area contributed by atoms with E-state index in [9.17, 15) is 13.6 Å². The van der Waals surface area contributed by atoms with Crippen LogP contribution in [0.2, 0.25) is 0 Å². The number of hydrogen-bond acceptors (Lipinski definition) is 4. The number of carbonyl (C=O) groups is 1. The smallest absolute Gasteiger partial charge is 0.410 e. The molecule has 1 saturated heterocycles. The van der Waals surface area contributed by atoms with Crippen molar-refractivity contribution < 1.29 is 23.0 Å². The highest BCUT2D eigenvalue weighted by molar-refractivity contribution is 5.68. The van der Waals surface area contributed by atoms with Crippen molar-refractivity contribution in [2.45, 2.75) is 51.9 Å². The van der Waals surface area contributed by atoms with Gasteiger partial charge in [0.15, 0.2) is 0 Å². The second-order valence-electron chi connectivity index (χ2n) is 6.81. The minimum Gasteiger partial charge on any atom is -0.444 e. The molecule has 134 valence electrons. The van der Waals surface area contributed by atoms with Gasteiger partial charge in [-0.05, 0) is 57.9 Å². The summed E-state index contributed by atoms with van der Waals surface area (Å²) in [5.74, 6) is 0.120. The first-order valence-electron chi connectivity index (χ1n) is 8.02. The molecule has 0 saturated carbocycles. The fraction of sp³-hybridized carbons (Fsp3) is 0.588. The number of likely N-dealkylation sites (tertiary alicyclic amines) is 1. The summed E-state index contributed by atoms with van der Waals surface area (Å²) in [6, 6.07) is 6.44. The number of anilines is 1. The first-order valence-corrected chi connectivity index (χ1v) is 8.02. The van der Waals surface area contributed by atoms with Crippen LogP contribution in [-0.4, -0.2) is 42.3 Å². The maximum absolute atomic E-state index is 12.1. The summed E-state index contributed by atoms with van der Waals surface area (Å²) in [5, 5.41) is 3.32. The summed E-state index contributed by atoms with van der Waals surface area (Å²) in [4.78, 5) is 13.8. The molecule has 1 heterocycles. The summed E-state index contributed by atoms with van der Waals surface area (Å²) >= 11 is 0. The maximum atomic E-state index is 12.1. The summed E-state index contributed by atoms with van der Waals surface area (Å²) in [6.45, 7) is 3.91. The number of nitrogens with one attached hydrogen (secondary N) is 1. The number of halogens is 2. The molecule has 7 heteroatoms. The Morgan fingerprint density at radius 2 is 1.96 bits per heavy atom. The molecule has 0 radical (unpaired) electrons. The van der Waals surface area contributed by atoms with Crippen molar-refractivity contribution in [2.75, 3.05) is 18.4 Å². The zero-order chi connectivity index (χ0) is 17.7. The molecule has 2 rings (SSSR count). The van der Waals surface area contributed by atoms with Gasteiger partial charge in [-0.2, -0.15) is 8.78 Å². The van der Waals surface area contributed by atoms with Crippen molar-refractivity contribution in [3.05, 3.63) is 24.3 Å². The largest absolute Gasteiger partial charge is 0.444 e. The third kappa shape index (κ3) is 5.86. The number of alkyl halides is 2. The van der Waals surface area contributed by atoms with E-state index in [1.807, 2.05) is 20.8 Å². The van der Waals surface area contributed by atoms with Crippen LogP contribution in [0.1, 0.15) is 33.6 Å². The number of rotatable bonds is 4. The Hall–Kier alpha value is -2.05. The van der Waals surface area contributed by atoms with E-state index in [0.29, 0.717) is 13.1 Å². The molecule has 1 aliphatic heterocycles. The molecular formula is C17H24F2N2O3. The van der Waals surface area contributed by atoms with Crippen molar-refractivity contribution in [1.82, 2.24) is 4.90 Å². The van der Waals surface area contributed by atoms with Crippen LogP contribution in [-0.2, 0) is 4.74 Å². The maximum Gasteiger partial charge on any atom is 0.410 e. The quantitative estimate of drug-likeness (QED) is 0.895. The predicted octanol–water partition coefficient (Wildman–Crippen LogP) is 4.10. The molecule has 1 fully saturated rings. The van der Waals surface area contributed by atoms with Crippen LogP contribution in [0.15, 0.2) is 24.3 Å². The number of carbonyl (C=O) groups excluding carboxylic acids is 1. The molecule has 1 unspecified atom stereocenters. The van der Waals surface area contributed by atoms with Crippen LogP contribution in [0.4, 0.5) is 19.3 Å². The number of amides is 1. The molecule has 1 aliphatic rings. The fourth-order valence-electron chi connectivity index (χ4n) is 2.56. The van der Waals surface area contributed by atoms with Crippen molar-refractivity contribution in [3.63, 3.8) is 0 Å². The Morgan fingerprint density at radius 1 is 1.29 bits per heavy atom. The van der Waals surface area contributed by atoms with Gasteiger partial charge in [0.2, 0.25) is 0 Å². The summed E-state index contributed by atoms with van der Waals surface area (Å²) in [6.07, 6.45) is 1.49. The molecule has 0 spiro atoms. The lowest BCUT2D eigenvalue weighted by Crippen LogP contribution is -2.46. The van der Waals surface area contributed by atoms with Gasteiger partial charge in [0.1, 0.15) is 11.4 Å².